The van der Waals surface area contributed by atoms with Crippen molar-refractivity contribution < 1.29 is 14.3 Å². The lowest BCUT2D eigenvalue weighted by Gasteiger charge is -2.27. The number of halogens is 1. The number of ether oxygens (including phenoxy) is 1. The van der Waals surface area contributed by atoms with Crippen molar-refractivity contribution in [1.29, 1.82) is 0 Å². The van der Waals surface area contributed by atoms with E-state index in [1.807, 2.05) is 6.92 Å². The summed E-state index contributed by atoms with van der Waals surface area (Å²) in [6.45, 7) is 2.26. The Morgan fingerprint density at radius 1 is 1.21 bits per heavy atom. The molecular weight excluding hydrogens is 266 g/mol. The maximum absolute atomic E-state index is 11.7. The average molecular weight is 290 g/mol. The third-order valence-electron chi connectivity index (χ3n) is 3.50. The molecular formula is C14H24ClNO3. The summed E-state index contributed by atoms with van der Waals surface area (Å²) in [5.74, 6) is 0.640. The summed E-state index contributed by atoms with van der Waals surface area (Å²) in [5, 5.41) is 3.04. The predicted molar refractivity (Wildman–Crippen MR) is 75.1 cm³/mol. The van der Waals surface area contributed by atoms with Crippen molar-refractivity contribution in [1.82, 2.24) is 5.32 Å². The van der Waals surface area contributed by atoms with Crippen molar-refractivity contribution in [2.75, 3.05) is 12.5 Å². The number of hydrogen-bond acceptors (Lipinski definition) is 3. The summed E-state index contributed by atoms with van der Waals surface area (Å²) in [6.07, 6.45) is 5.62. The monoisotopic (exact) mass is 289 g/mol. The molecule has 1 amide bonds. The van der Waals surface area contributed by atoms with Gasteiger partial charge in [0.15, 0.2) is 0 Å². The summed E-state index contributed by atoms with van der Waals surface area (Å²) in [5.41, 5.74) is 0. The van der Waals surface area contributed by atoms with Crippen LogP contribution in [0.3, 0.4) is 0 Å². The van der Waals surface area contributed by atoms with E-state index in [-0.39, 0.29) is 23.8 Å². The van der Waals surface area contributed by atoms with Gasteiger partial charge in [-0.1, -0.05) is 0 Å². The van der Waals surface area contributed by atoms with Gasteiger partial charge in [0.2, 0.25) is 5.91 Å². The molecule has 1 N–H and O–H groups in total. The van der Waals surface area contributed by atoms with E-state index < -0.39 is 0 Å². The molecule has 0 radical (unpaired) electrons. The Hall–Kier alpha value is -0.770. The smallest absolute Gasteiger partial charge is 0.308 e. The molecule has 0 atom stereocenters. The summed E-state index contributed by atoms with van der Waals surface area (Å²) < 4.78 is 5.02. The second kappa shape index (κ2) is 9.18. The van der Waals surface area contributed by atoms with Crippen molar-refractivity contribution in [3.05, 3.63) is 0 Å². The highest BCUT2D eigenvalue weighted by Crippen LogP contribution is 2.25. The Kier molecular flexibility index (Phi) is 7.87. The number of unbranched alkanes of at least 4 members (excludes halogenated alkanes) is 1. The number of esters is 1. The van der Waals surface area contributed by atoms with E-state index in [2.05, 4.69) is 5.32 Å². The van der Waals surface area contributed by atoms with Crippen LogP contribution in [-0.2, 0) is 14.3 Å². The van der Waals surface area contributed by atoms with Gasteiger partial charge in [-0.25, -0.2) is 0 Å². The van der Waals surface area contributed by atoms with E-state index in [1.54, 1.807) is 0 Å². The summed E-state index contributed by atoms with van der Waals surface area (Å²) in [4.78, 5) is 23.2. The highest BCUT2D eigenvalue weighted by molar-refractivity contribution is 6.17. The Labute approximate surface area is 120 Å². The van der Waals surface area contributed by atoms with Gasteiger partial charge in [-0.3, -0.25) is 9.59 Å². The Morgan fingerprint density at radius 2 is 1.89 bits per heavy atom. The van der Waals surface area contributed by atoms with E-state index in [1.165, 1.54) is 0 Å². The molecule has 19 heavy (non-hydrogen) atoms. The number of nitrogens with one attached hydrogen (secondary N) is 1. The molecule has 1 rings (SSSR count). The van der Waals surface area contributed by atoms with Crippen molar-refractivity contribution in [2.24, 2.45) is 5.92 Å². The van der Waals surface area contributed by atoms with Gasteiger partial charge < -0.3 is 10.1 Å². The minimum atomic E-state index is -0.0885. The fraction of sp³-hybridized carbons (Fsp3) is 0.857. The molecule has 0 heterocycles. The Balaban J connectivity index is 2.19. The topological polar surface area (TPSA) is 55.4 Å². The van der Waals surface area contributed by atoms with Crippen LogP contribution in [-0.4, -0.2) is 30.4 Å². The highest BCUT2D eigenvalue weighted by Gasteiger charge is 2.27. The van der Waals surface area contributed by atoms with E-state index in [0.717, 1.165) is 38.5 Å². The maximum atomic E-state index is 11.7. The van der Waals surface area contributed by atoms with Crippen molar-refractivity contribution in [3.63, 3.8) is 0 Å². The molecule has 0 spiro atoms. The van der Waals surface area contributed by atoms with Crippen LogP contribution in [0.2, 0.25) is 0 Å². The third-order valence-corrected chi connectivity index (χ3v) is 3.77. The van der Waals surface area contributed by atoms with Crippen LogP contribution in [0.5, 0.6) is 0 Å². The van der Waals surface area contributed by atoms with Gasteiger partial charge >= 0.3 is 5.97 Å². The molecule has 1 aliphatic rings. The highest BCUT2D eigenvalue weighted by atomic mass is 35.5. The van der Waals surface area contributed by atoms with Crippen LogP contribution >= 0.6 is 11.6 Å². The molecule has 0 aromatic heterocycles. The van der Waals surface area contributed by atoms with E-state index >= 15 is 0 Å². The lowest BCUT2D eigenvalue weighted by atomic mass is 9.86. The number of rotatable bonds is 7. The quantitative estimate of drug-likeness (QED) is 0.445. The number of alkyl halides is 1. The predicted octanol–water partition coefficient (Wildman–Crippen LogP) is 2.63. The molecule has 0 aromatic carbocycles. The van der Waals surface area contributed by atoms with Gasteiger partial charge in [0.05, 0.1) is 12.5 Å². The number of carbonyl (C=O) groups is 2. The molecule has 0 unspecified atom stereocenters. The molecule has 0 bridgehead atoms. The minimum absolute atomic E-state index is 0.0179. The second-order valence-corrected chi connectivity index (χ2v) is 5.39. The third kappa shape index (κ3) is 6.28. The molecule has 0 aliphatic heterocycles. The SMILES string of the molecule is CCOC(=O)C1CCC(NC(=O)CCCCCl)CC1. The molecule has 4 nitrogen and oxygen atoms in total. The molecule has 1 saturated carbocycles. The molecule has 1 fully saturated rings. The first-order valence-electron chi connectivity index (χ1n) is 7.19. The first-order valence-corrected chi connectivity index (χ1v) is 7.72. The molecule has 0 aromatic rings. The van der Waals surface area contributed by atoms with E-state index in [4.69, 9.17) is 16.3 Å². The lowest BCUT2D eigenvalue weighted by Crippen LogP contribution is -2.38. The minimum Gasteiger partial charge on any atom is -0.466 e. The Bertz CT molecular complexity index is 288. The standard InChI is InChI=1S/C14H24ClNO3/c1-2-19-14(18)11-6-8-12(9-7-11)16-13(17)5-3-4-10-15/h11-12H,2-10H2,1H3,(H,16,17). The average Bonchev–Trinajstić information content (AvgIpc) is 2.40. The zero-order valence-corrected chi connectivity index (χ0v) is 12.4. The largest absolute Gasteiger partial charge is 0.466 e. The molecule has 0 saturated heterocycles. The number of hydrogen-bond donors (Lipinski definition) is 1. The van der Waals surface area contributed by atoms with Gasteiger partial charge in [0.1, 0.15) is 0 Å². The van der Waals surface area contributed by atoms with Gasteiger partial charge in [-0.05, 0) is 45.4 Å². The van der Waals surface area contributed by atoms with Crippen molar-refractivity contribution >= 4 is 23.5 Å². The van der Waals surface area contributed by atoms with Crippen LogP contribution in [0.25, 0.3) is 0 Å². The summed E-state index contributed by atoms with van der Waals surface area (Å²) in [6, 6.07) is 0.217. The normalized spacial score (nSPS) is 22.8. The first kappa shape index (κ1) is 16.3. The summed E-state index contributed by atoms with van der Waals surface area (Å²) in [7, 11) is 0. The van der Waals surface area contributed by atoms with Crippen molar-refractivity contribution in [3.8, 4) is 0 Å². The molecule has 1 aliphatic carbocycles. The van der Waals surface area contributed by atoms with Gasteiger partial charge in [-0.15, -0.1) is 11.6 Å². The second-order valence-electron chi connectivity index (χ2n) is 5.01. The van der Waals surface area contributed by atoms with Crippen LogP contribution in [0.4, 0.5) is 0 Å². The van der Waals surface area contributed by atoms with Crippen molar-refractivity contribution in [2.45, 2.75) is 57.9 Å². The zero-order chi connectivity index (χ0) is 14.1. The molecule has 5 heteroatoms. The van der Waals surface area contributed by atoms with E-state index in [9.17, 15) is 9.59 Å². The lowest BCUT2D eigenvalue weighted by molar-refractivity contribution is -0.149. The van der Waals surface area contributed by atoms with Gasteiger partial charge in [0.25, 0.3) is 0 Å². The van der Waals surface area contributed by atoms with Gasteiger partial charge in [-0.2, -0.15) is 0 Å². The van der Waals surface area contributed by atoms with Crippen LogP contribution in [0, 0.1) is 5.92 Å². The fourth-order valence-corrected chi connectivity index (χ4v) is 2.60. The van der Waals surface area contributed by atoms with Gasteiger partial charge in [0, 0.05) is 18.3 Å². The Morgan fingerprint density at radius 3 is 2.47 bits per heavy atom. The molecule has 110 valence electrons. The first-order chi connectivity index (χ1) is 9.17. The summed E-state index contributed by atoms with van der Waals surface area (Å²) >= 11 is 5.57. The number of carbonyl (C=O) groups excluding carboxylic acids is 2. The van der Waals surface area contributed by atoms with Crippen LogP contribution in [0.1, 0.15) is 51.9 Å². The van der Waals surface area contributed by atoms with E-state index in [0.29, 0.717) is 18.9 Å². The number of amides is 1. The maximum Gasteiger partial charge on any atom is 0.308 e. The van der Waals surface area contributed by atoms with Crippen LogP contribution < -0.4 is 5.32 Å². The zero-order valence-electron chi connectivity index (χ0n) is 11.6. The fourth-order valence-electron chi connectivity index (χ4n) is 2.41. The van der Waals surface area contributed by atoms with Crippen LogP contribution in [0.15, 0.2) is 0 Å².